The molecule has 2 N–H and O–H groups in total. The highest BCUT2D eigenvalue weighted by molar-refractivity contribution is 5.60. The van der Waals surface area contributed by atoms with Gasteiger partial charge in [0.25, 0.3) is 0 Å². The average Bonchev–Trinajstić information content (AvgIpc) is 2.98. The fourth-order valence-corrected chi connectivity index (χ4v) is 2.17. The Morgan fingerprint density at radius 1 is 1.14 bits per heavy atom. The van der Waals surface area contributed by atoms with Gasteiger partial charge in [-0.3, -0.25) is 0 Å². The van der Waals surface area contributed by atoms with Crippen LogP contribution in [0.3, 0.4) is 0 Å². The van der Waals surface area contributed by atoms with Gasteiger partial charge in [0.05, 0.1) is 11.4 Å². The number of phenolic OH excluding ortho intramolecular Hbond substituents is 1. The summed E-state index contributed by atoms with van der Waals surface area (Å²) in [6, 6.07) is 13.6. The Kier molecular flexibility index (Phi) is 3.55. The Labute approximate surface area is 121 Å². The minimum Gasteiger partial charge on any atom is -0.508 e. The Bertz CT molecular complexity index is 721. The summed E-state index contributed by atoms with van der Waals surface area (Å²) in [4.78, 5) is 0. The number of benzene rings is 2. The molecule has 3 rings (SSSR count). The summed E-state index contributed by atoms with van der Waals surface area (Å²) in [6.45, 7) is 0.406. The summed E-state index contributed by atoms with van der Waals surface area (Å²) in [5, 5.41) is 16.9. The van der Waals surface area contributed by atoms with Crippen LogP contribution in [-0.2, 0) is 6.54 Å². The van der Waals surface area contributed by atoms with Crippen LogP contribution in [0.2, 0.25) is 0 Å². The smallest absolute Gasteiger partial charge is 0.127 e. The van der Waals surface area contributed by atoms with E-state index in [1.54, 1.807) is 10.9 Å². The fraction of sp³-hybridized carbons (Fsp3) is 0.0625. The lowest BCUT2D eigenvalue weighted by Gasteiger charge is -2.12. The summed E-state index contributed by atoms with van der Waals surface area (Å²) in [6.07, 6.45) is 3.57. The van der Waals surface area contributed by atoms with Crippen LogP contribution >= 0.6 is 0 Å². The summed E-state index contributed by atoms with van der Waals surface area (Å²) in [5.41, 5.74) is 2.45. The van der Waals surface area contributed by atoms with Gasteiger partial charge in [-0.25, -0.2) is 9.07 Å². The molecule has 0 saturated carbocycles. The first-order chi connectivity index (χ1) is 10.2. The van der Waals surface area contributed by atoms with E-state index in [0.717, 1.165) is 17.4 Å². The number of nitrogens with zero attached hydrogens (tertiary/aromatic N) is 2. The number of rotatable bonds is 4. The van der Waals surface area contributed by atoms with E-state index in [2.05, 4.69) is 10.4 Å². The van der Waals surface area contributed by atoms with Crippen molar-refractivity contribution in [2.24, 2.45) is 0 Å². The maximum Gasteiger partial charge on any atom is 0.127 e. The standard InChI is InChI=1S/C16H14FN3O/c17-13-8-12(9-14(21)10-13)11-18-15-4-1-2-5-16(15)20-7-3-6-19-20/h1-10,18,21H,11H2. The molecule has 0 unspecified atom stereocenters. The molecule has 0 atom stereocenters. The zero-order valence-electron chi connectivity index (χ0n) is 11.2. The number of aromatic hydroxyl groups is 1. The van der Waals surface area contributed by atoms with Crippen LogP contribution in [0.25, 0.3) is 5.69 Å². The van der Waals surface area contributed by atoms with E-state index in [-0.39, 0.29) is 5.75 Å². The molecular formula is C16H14FN3O. The second-order valence-electron chi connectivity index (χ2n) is 4.64. The van der Waals surface area contributed by atoms with Crippen LogP contribution in [0.1, 0.15) is 5.56 Å². The molecule has 106 valence electrons. The van der Waals surface area contributed by atoms with Crippen molar-refractivity contribution >= 4 is 5.69 Å². The third-order valence-electron chi connectivity index (χ3n) is 3.08. The average molecular weight is 283 g/mol. The molecule has 0 bridgehead atoms. The number of hydrogen-bond donors (Lipinski definition) is 2. The minimum atomic E-state index is -0.452. The third-order valence-corrected chi connectivity index (χ3v) is 3.08. The van der Waals surface area contributed by atoms with Crippen molar-refractivity contribution in [2.45, 2.75) is 6.54 Å². The number of phenols is 1. The molecule has 1 aromatic heterocycles. The summed E-state index contributed by atoms with van der Waals surface area (Å²) < 4.78 is 15.0. The van der Waals surface area contributed by atoms with Gasteiger partial charge in [0.15, 0.2) is 0 Å². The van der Waals surface area contributed by atoms with E-state index in [4.69, 9.17) is 0 Å². The van der Waals surface area contributed by atoms with Crippen molar-refractivity contribution in [1.82, 2.24) is 9.78 Å². The molecule has 21 heavy (non-hydrogen) atoms. The second kappa shape index (κ2) is 5.66. The zero-order chi connectivity index (χ0) is 14.7. The van der Waals surface area contributed by atoms with Crippen LogP contribution in [0.4, 0.5) is 10.1 Å². The molecular weight excluding hydrogens is 269 g/mol. The van der Waals surface area contributed by atoms with Gasteiger partial charge in [0, 0.05) is 25.0 Å². The van der Waals surface area contributed by atoms with Crippen molar-refractivity contribution in [1.29, 1.82) is 0 Å². The summed E-state index contributed by atoms with van der Waals surface area (Å²) in [7, 11) is 0. The predicted octanol–water partition coefficient (Wildman–Crippen LogP) is 3.33. The highest BCUT2D eigenvalue weighted by Crippen LogP contribution is 2.21. The highest BCUT2D eigenvalue weighted by atomic mass is 19.1. The van der Waals surface area contributed by atoms with Crippen LogP contribution in [-0.4, -0.2) is 14.9 Å². The molecule has 0 aliphatic rings. The lowest BCUT2D eigenvalue weighted by atomic mass is 10.2. The lowest BCUT2D eigenvalue weighted by Crippen LogP contribution is -2.05. The maximum atomic E-state index is 13.3. The van der Waals surface area contributed by atoms with E-state index < -0.39 is 5.82 Å². The lowest BCUT2D eigenvalue weighted by molar-refractivity contribution is 0.468. The van der Waals surface area contributed by atoms with Crippen LogP contribution in [0.5, 0.6) is 5.75 Å². The first kappa shape index (κ1) is 13.2. The van der Waals surface area contributed by atoms with Gasteiger partial charge in [0.2, 0.25) is 0 Å². The first-order valence-electron chi connectivity index (χ1n) is 6.54. The molecule has 5 heteroatoms. The molecule has 0 aliphatic heterocycles. The van der Waals surface area contributed by atoms with Crippen molar-refractivity contribution in [3.05, 3.63) is 72.3 Å². The molecule has 2 aromatic carbocycles. The summed E-state index contributed by atoms with van der Waals surface area (Å²) >= 11 is 0. The van der Waals surface area contributed by atoms with Crippen molar-refractivity contribution < 1.29 is 9.50 Å². The summed E-state index contributed by atoms with van der Waals surface area (Å²) in [5.74, 6) is -0.528. The fourth-order valence-electron chi connectivity index (χ4n) is 2.17. The van der Waals surface area contributed by atoms with E-state index >= 15 is 0 Å². The van der Waals surface area contributed by atoms with Crippen molar-refractivity contribution in [3.63, 3.8) is 0 Å². The number of anilines is 1. The molecule has 0 fully saturated rings. The molecule has 1 heterocycles. The normalized spacial score (nSPS) is 10.5. The molecule has 0 spiro atoms. The van der Waals surface area contributed by atoms with E-state index in [9.17, 15) is 9.50 Å². The number of halogens is 1. The second-order valence-corrected chi connectivity index (χ2v) is 4.64. The van der Waals surface area contributed by atoms with Crippen LogP contribution in [0, 0.1) is 5.82 Å². The van der Waals surface area contributed by atoms with Gasteiger partial charge in [-0.05, 0) is 35.9 Å². The minimum absolute atomic E-state index is 0.0767. The molecule has 0 radical (unpaired) electrons. The van der Waals surface area contributed by atoms with Gasteiger partial charge in [-0.2, -0.15) is 5.10 Å². The molecule has 3 aromatic rings. The highest BCUT2D eigenvalue weighted by Gasteiger charge is 2.05. The monoisotopic (exact) mass is 283 g/mol. The van der Waals surface area contributed by atoms with Gasteiger partial charge in [-0.1, -0.05) is 12.1 Å². The van der Waals surface area contributed by atoms with Gasteiger partial charge < -0.3 is 10.4 Å². The number of nitrogens with one attached hydrogen (secondary N) is 1. The topological polar surface area (TPSA) is 50.1 Å². The van der Waals surface area contributed by atoms with Gasteiger partial charge >= 0.3 is 0 Å². The molecule has 0 aliphatic carbocycles. The number of para-hydroxylation sites is 2. The van der Waals surface area contributed by atoms with E-state index in [0.29, 0.717) is 12.1 Å². The quantitative estimate of drug-likeness (QED) is 0.772. The zero-order valence-corrected chi connectivity index (χ0v) is 11.2. The molecule has 4 nitrogen and oxygen atoms in total. The number of hydrogen-bond acceptors (Lipinski definition) is 3. The molecule has 0 amide bonds. The number of aromatic nitrogens is 2. The first-order valence-corrected chi connectivity index (χ1v) is 6.54. The van der Waals surface area contributed by atoms with E-state index in [1.165, 1.54) is 12.1 Å². The maximum absolute atomic E-state index is 13.3. The SMILES string of the molecule is Oc1cc(F)cc(CNc2ccccc2-n2cccn2)c1. The van der Waals surface area contributed by atoms with Crippen molar-refractivity contribution in [3.8, 4) is 11.4 Å². The van der Waals surface area contributed by atoms with E-state index in [1.807, 2.05) is 36.5 Å². The van der Waals surface area contributed by atoms with Gasteiger partial charge in [-0.15, -0.1) is 0 Å². The van der Waals surface area contributed by atoms with Crippen LogP contribution in [0.15, 0.2) is 60.9 Å². The Balaban J connectivity index is 1.82. The van der Waals surface area contributed by atoms with Crippen molar-refractivity contribution in [2.75, 3.05) is 5.32 Å². The predicted molar refractivity (Wildman–Crippen MR) is 79.0 cm³/mol. The Morgan fingerprint density at radius 2 is 2.00 bits per heavy atom. The largest absolute Gasteiger partial charge is 0.508 e. The Hall–Kier alpha value is -2.82. The van der Waals surface area contributed by atoms with Gasteiger partial charge in [0.1, 0.15) is 11.6 Å². The molecule has 0 saturated heterocycles. The Morgan fingerprint density at radius 3 is 2.76 bits per heavy atom. The third kappa shape index (κ3) is 3.02. The van der Waals surface area contributed by atoms with Crippen LogP contribution < -0.4 is 5.32 Å².